The number of allylic oxidation sites excluding steroid dienone is 4. The van der Waals surface area contributed by atoms with Gasteiger partial charge in [0.1, 0.15) is 0 Å². The molecule has 0 atom stereocenters. The summed E-state index contributed by atoms with van der Waals surface area (Å²) in [6.45, 7) is 10.7. The molecule has 1 rings (SSSR count). The average Bonchev–Trinajstić information content (AvgIpc) is 2.00. The molecule has 0 aromatic carbocycles. The summed E-state index contributed by atoms with van der Waals surface area (Å²) in [6.07, 6.45) is 7.96. The molecule has 1 aliphatic rings. The minimum Gasteiger partial charge on any atom is -0.0808 e. The van der Waals surface area contributed by atoms with Crippen molar-refractivity contribution in [2.45, 2.75) is 41.0 Å². The van der Waals surface area contributed by atoms with Crippen molar-refractivity contribution in [2.75, 3.05) is 0 Å². The molecule has 0 N–H and O–H groups in total. The molecule has 0 unspecified atom stereocenters. The number of rotatable bonds is 0. The number of hydrogen-bond acceptors (Lipinski definition) is 0. The van der Waals surface area contributed by atoms with Crippen LogP contribution in [-0.2, 0) is 0 Å². The van der Waals surface area contributed by atoms with E-state index in [1.54, 1.807) is 0 Å². The third-order valence-corrected chi connectivity index (χ3v) is 1.75. The van der Waals surface area contributed by atoms with Gasteiger partial charge in [-0.1, -0.05) is 51.5 Å². The molecule has 0 fully saturated rings. The molecular formula is C11H20. The van der Waals surface area contributed by atoms with Gasteiger partial charge < -0.3 is 0 Å². The number of hydrogen-bond donors (Lipinski definition) is 0. The van der Waals surface area contributed by atoms with E-state index in [1.165, 1.54) is 12.0 Å². The van der Waals surface area contributed by atoms with Crippen molar-refractivity contribution in [3.63, 3.8) is 0 Å². The van der Waals surface area contributed by atoms with Crippen LogP contribution >= 0.6 is 0 Å². The largest absolute Gasteiger partial charge is 0.0808 e. The van der Waals surface area contributed by atoms with Crippen LogP contribution < -0.4 is 0 Å². The van der Waals surface area contributed by atoms with Gasteiger partial charge in [-0.05, 0) is 18.8 Å². The van der Waals surface area contributed by atoms with E-state index < -0.39 is 0 Å². The second kappa shape index (κ2) is 4.38. The van der Waals surface area contributed by atoms with E-state index in [9.17, 15) is 0 Å². The molecule has 0 radical (unpaired) electrons. The van der Waals surface area contributed by atoms with Gasteiger partial charge in [0.25, 0.3) is 0 Å². The molecule has 0 heteroatoms. The van der Waals surface area contributed by atoms with Crippen molar-refractivity contribution in [1.29, 1.82) is 0 Å². The lowest BCUT2D eigenvalue weighted by Gasteiger charge is -2.21. The molecule has 0 aromatic rings. The molecule has 0 heterocycles. The highest BCUT2D eigenvalue weighted by atomic mass is 14.2. The summed E-state index contributed by atoms with van der Waals surface area (Å²) in [5.74, 6) is 0. The minimum atomic E-state index is 0.402. The second-order valence-electron chi connectivity index (χ2n) is 3.47. The SMILES string of the molecule is CC.CC1=CCC(C)(C)C=C1. The van der Waals surface area contributed by atoms with Crippen molar-refractivity contribution >= 4 is 0 Å². The van der Waals surface area contributed by atoms with Gasteiger partial charge in [-0.3, -0.25) is 0 Å². The maximum Gasteiger partial charge on any atom is -0.0137 e. The Kier molecular flexibility index (Phi) is 4.17. The Labute approximate surface area is 71.0 Å². The molecule has 0 spiro atoms. The van der Waals surface area contributed by atoms with E-state index in [0.29, 0.717) is 5.41 Å². The minimum absolute atomic E-state index is 0.402. The van der Waals surface area contributed by atoms with Gasteiger partial charge in [0.05, 0.1) is 0 Å². The maximum atomic E-state index is 2.29. The van der Waals surface area contributed by atoms with Crippen LogP contribution in [0.3, 0.4) is 0 Å². The first kappa shape index (κ1) is 10.5. The molecule has 0 saturated carbocycles. The summed E-state index contributed by atoms with van der Waals surface area (Å²) in [7, 11) is 0. The van der Waals surface area contributed by atoms with E-state index in [2.05, 4.69) is 39.0 Å². The zero-order chi connectivity index (χ0) is 8.91. The zero-order valence-corrected chi connectivity index (χ0v) is 8.44. The topological polar surface area (TPSA) is 0 Å². The van der Waals surface area contributed by atoms with E-state index in [0.717, 1.165) is 0 Å². The van der Waals surface area contributed by atoms with E-state index >= 15 is 0 Å². The average molecular weight is 152 g/mol. The van der Waals surface area contributed by atoms with Crippen LogP contribution in [0.15, 0.2) is 23.8 Å². The van der Waals surface area contributed by atoms with Crippen LogP contribution in [0.5, 0.6) is 0 Å². The summed E-state index contributed by atoms with van der Waals surface area (Å²) in [4.78, 5) is 0. The van der Waals surface area contributed by atoms with E-state index in [1.807, 2.05) is 13.8 Å². The van der Waals surface area contributed by atoms with E-state index in [-0.39, 0.29) is 0 Å². The Hall–Kier alpha value is -0.520. The van der Waals surface area contributed by atoms with Crippen LogP contribution in [0.2, 0.25) is 0 Å². The molecule has 11 heavy (non-hydrogen) atoms. The molecular weight excluding hydrogens is 132 g/mol. The third kappa shape index (κ3) is 4.02. The van der Waals surface area contributed by atoms with Crippen molar-refractivity contribution in [2.24, 2.45) is 5.41 Å². The van der Waals surface area contributed by atoms with Crippen LogP contribution in [0, 0.1) is 5.41 Å². The lowest BCUT2D eigenvalue weighted by molar-refractivity contribution is 0.482. The first-order valence-corrected chi connectivity index (χ1v) is 4.46. The third-order valence-electron chi connectivity index (χ3n) is 1.75. The standard InChI is InChI=1S/C9H14.C2H6/c1-8-4-6-9(2,3)7-5-8;1-2/h4-6H,7H2,1-3H3;1-2H3. The molecule has 0 aliphatic heterocycles. The highest BCUT2D eigenvalue weighted by Gasteiger charge is 2.13. The Morgan fingerprint density at radius 3 is 2.09 bits per heavy atom. The van der Waals surface area contributed by atoms with E-state index in [4.69, 9.17) is 0 Å². The second-order valence-corrected chi connectivity index (χ2v) is 3.47. The normalized spacial score (nSPS) is 19.9. The van der Waals surface area contributed by atoms with Crippen LogP contribution in [0.25, 0.3) is 0 Å². The summed E-state index contributed by atoms with van der Waals surface area (Å²) in [6, 6.07) is 0. The predicted octanol–water partition coefficient (Wildman–Crippen LogP) is 3.95. The highest BCUT2D eigenvalue weighted by molar-refractivity contribution is 5.23. The summed E-state index contributed by atoms with van der Waals surface area (Å²) >= 11 is 0. The Balaban J connectivity index is 0.000000461. The Morgan fingerprint density at radius 2 is 1.82 bits per heavy atom. The van der Waals surface area contributed by atoms with Gasteiger partial charge in [-0.2, -0.15) is 0 Å². The quantitative estimate of drug-likeness (QED) is 0.493. The van der Waals surface area contributed by atoms with Gasteiger partial charge in [0.2, 0.25) is 0 Å². The van der Waals surface area contributed by atoms with Crippen LogP contribution in [0.4, 0.5) is 0 Å². The summed E-state index contributed by atoms with van der Waals surface area (Å²) in [5, 5.41) is 0. The lowest BCUT2D eigenvalue weighted by atomic mass is 9.84. The predicted molar refractivity (Wildman–Crippen MR) is 52.6 cm³/mol. The molecule has 0 amide bonds. The first-order chi connectivity index (χ1) is 5.10. The van der Waals surface area contributed by atoms with Crippen molar-refractivity contribution < 1.29 is 0 Å². The molecule has 0 nitrogen and oxygen atoms in total. The summed E-state index contributed by atoms with van der Waals surface area (Å²) in [5.41, 5.74) is 1.80. The molecule has 0 saturated heterocycles. The first-order valence-electron chi connectivity index (χ1n) is 4.46. The fraction of sp³-hybridized carbons (Fsp3) is 0.636. The van der Waals surface area contributed by atoms with Gasteiger partial charge >= 0.3 is 0 Å². The molecule has 0 bridgehead atoms. The fourth-order valence-electron chi connectivity index (χ4n) is 0.917. The summed E-state index contributed by atoms with van der Waals surface area (Å²) < 4.78 is 0. The Bertz CT molecular complexity index is 159. The lowest BCUT2D eigenvalue weighted by Crippen LogP contribution is -2.07. The van der Waals surface area contributed by atoms with Gasteiger partial charge in [-0.25, -0.2) is 0 Å². The van der Waals surface area contributed by atoms with Gasteiger partial charge in [0.15, 0.2) is 0 Å². The van der Waals surface area contributed by atoms with Crippen molar-refractivity contribution in [3.8, 4) is 0 Å². The highest BCUT2D eigenvalue weighted by Crippen LogP contribution is 2.27. The van der Waals surface area contributed by atoms with Crippen molar-refractivity contribution in [3.05, 3.63) is 23.8 Å². The molecule has 0 aromatic heterocycles. The monoisotopic (exact) mass is 152 g/mol. The van der Waals surface area contributed by atoms with Gasteiger partial charge in [0, 0.05) is 0 Å². The smallest absolute Gasteiger partial charge is 0.0137 e. The Morgan fingerprint density at radius 1 is 1.27 bits per heavy atom. The van der Waals surface area contributed by atoms with Crippen LogP contribution in [-0.4, -0.2) is 0 Å². The molecule has 1 aliphatic carbocycles. The fourth-order valence-corrected chi connectivity index (χ4v) is 0.917. The zero-order valence-electron chi connectivity index (χ0n) is 8.44. The van der Waals surface area contributed by atoms with Gasteiger partial charge in [-0.15, -0.1) is 0 Å². The van der Waals surface area contributed by atoms with Crippen LogP contribution in [0.1, 0.15) is 41.0 Å². The maximum absolute atomic E-state index is 2.29. The van der Waals surface area contributed by atoms with Crippen molar-refractivity contribution in [1.82, 2.24) is 0 Å². The molecule has 64 valence electrons.